The third kappa shape index (κ3) is 3.64. The van der Waals surface area contributed by atoms with Gasteiger partial charge in [0.15, 0.2) is 10.9 Å². The highest BCUT2D eigenvalue weighted by atomic mass is 35.5. The number of para-hydroxylation sites is 1. The molecule has 0 radical (unpaired) electrons. The van der Waals surface area contributed by atoms with E-state index in [1.165, 1.54) is 11.8 Å². The number of carbonyl (C=O) groups is 1. The summed E-state index contributed by atoms with van der Waals surface area (Å²) in [6, 6.07) is 18.8. The Morgan fingerprint density at radius 1 is 1.13 bits per heavy atom. The summed E-state index contributed by atoms with van der Waals surface area (Å²) < 4.78 is 6.16. The molecule has 1 amide bonds. The largest absolute Gasteiger partial charge is 0.457 e. The summed E-state index contributed by atoms with van der Waals surface area (Å²) in [6.45, 7) is 2.09. The molecule has 2 aromatic carbocycles. The van der Waals surface area contributed by atoms with E-state index in [1.807, 2.05) is 60.7 Å². The maximum Gasteiger partial charge on any atom is 0.276 e. The first kappa shape index (κ1) is 19.9. The zero-order valence-electron chi connectivity index (χ0n) is 16.7. The fraction of sp³-hybridized carbons (Fsp3) is 0.174. The number of nitrogens with zero attached hydrogens (tertiary/aromatic N) is 3. The molecule has 0 saturated carbocycles. The van der Waals surface area contributed by atoms with Gasteiger partial charge in [-0.05, 0) is 36.8 Å². The number of furan rings is 1. The Morgan fingerprint density at radius 3 is 2.77 bits per heavy atom. The van der Waals surface area contributed by atoms with Crippen molar-refractivity contribution >= 4 is 40.1 Å². The number of halogens is 1. The Bertz CT molecular complexity index is 1320. The number of carbonyl (C=O) groups excluding carboxylic acids is 1. The number of amides is 1. The SMILES string of the molecule is CCCSC1=NN2C(=c3ccccc3=N[C@H]2c2ccc(-c3ccccc3Cl)o2)C(=O)N1. The molecule has 31 heavy (non-hydrogen) atoms. The quantitative estimate of drug-likeness (QED) is 0.654. The predicted molar refractivity (Wildman–Crippen MR) is 123 cm³/mol. The van der Waals surface area contributed by atoms with E-state index in [4.69, 9.17) is 26.1 Å². The molecule has 2 aliphatic heterocycles. The van der Waals surface area contributed by atoms with Crippen LogP contribution in [0.1, 0.15) is 25.3 Å². The molecule has 156 valence electrons. The van der Waals surface area contributed by atoms with Crippen molar-refractivity contribution in [3.63, 3.8) is 0 Å². The van der Waals surface area contributed by atoms with E-state index in [1.54, 1.807) is 5.01 Å². The number of fused-ring (bicyclic) bond motifs is 2. The molecule has 0 saturated heterocycles. The molecule has 8 heteroatoms. The Labute approximate surface area is 188 Å². The summed E-state index contributed by atoms with van der Waals surface area (Å²) in [7, 11) is 0. The van der Waals surface area contributed by atoms with Crippen LogP contribution < -0.4 is 15.9 Å². The Morgan fingerprint density at radius 2 is 1.94 bits per heavy atom. The van der Waals surface area contributed by atoms with Gasteiger partial charge in [0.1, 0.15) is 11.5 Å². The van der Waals surface area contributed by atoms with Crippen LogP contribution in [0.5, 0.6) is 0 Å². The predicted octanol–water partition coefficient (Wildman–Crippen LogP) is 3.89. The summed E-state index contributed by atoms with van der Waals surface area (Å²) in [4.78, 5) is 17.9. The highest BCUT2D eigenvalue weighted by molar-refractivity contribution is 8.13. The number of hydrogen-bond acceptors (Lipinski definition) is 6. The second-order valence-corrected chi connectivity index (χ2v) is 8.59. The van der Waals surface area contributed by atoms with Crippen molar-refractivity contribution in [3.8, 4) is 11.3 Å². The number of benzene rings is 2. The average molecular weight is 451 g/mol. The van der Waals surface area contributed by atoms with Gasteiger partial charge in [0.25, 0.3) is 5.91 Å². The lowest BCUT2D eigenvalue weighted by molar-refractivity contribution is -0.116. The zero-order chi connectivity index (χ0) is 21.4. The van der Waals surface area contributed by atoms with Gasteiger partial charge in [-0.3, -0.25) is 10.1 Å². The lowest BCUT2D eigenvalue weighted by Gasteiger charge is -2.32. The van der Waals surface area contributed by atoms with E-state index >= 15 is 0 Å². The normalized spacial score (nSPS) is 17.4. The monoisotopic (exact) mass is 450 g/mol. The van der Waals surface area contributed by atoms with Gasteiger partial charge in [0.2, 0.25) is 6.17 Å². The van der Waals surface area contributed by atoms with Gasteiger partial charge in [-0.25, -0.2) is 10.0 Å². The molecule has 5 rings (SSSR count). The molecule has 0 fully saturated rings. The molecular weight excluding hydrogens is 432 g/mol. The van der Waals surface area contributed by atoms with Crippen LogP contribution in [-0.2, 0) is 4.79 Å². The molecule has 0 unspecified atom stereocenters. The highest BCUT2D eigenvalue weighted by Gasteiger charge is 2.35. The van der Waals surface area contributed by atoms with Crippen LogP contribution >= 0.6 is 23.4 Å². The highest BCUT2D eigenvalue weighted by Crippen LogP contribution is 2.35. The standard InChI is InChI=1S/C23H19ClN4O2S/c1-2-13-31-23-26-22(29)20-15-8-4-6-10-17(15)25-21(28(20)27-23)19-12-11-18(30-19)14-7-3-5-9-16(14)24/h3-12,21H,2,13H2,1H3,(H,26,27,29)/t21-/m1/s1. The van der Waals surface area contributed by atoms with Crippen molar-refractivity contribution in [2.75, 3.05) is 5.75 Å². The summed E-state index contributed by atoms with van der Waals surface area (Å²) in [5.41, 5.74) is 1.27. The molecule has 3 aromatic rings. The van der Waals surface area contributed by atoms with Gasteiger partial charge in [-0.1, -0.05) is 60.6 Å². The van der Waals surface area contributed by atoms with Crippen molar-refractivity contribution in [3.05, 3.63) is 82.0 Å². The average Bonchev–Trinajstić information content (AvgIpc) is 3.27. The molecule has 3 heterocycles. The second kappa shape index (κ2) is 8.24. The fourth-order valence-electron chi connectivity index (χ4n) is 3.57. The maximum absolute atomic E-state index is 13.0. The van der Waals surface area contributed by atoms with E-state index in [2.05, 4.69) is 12.2 Å². The van der Waals surface area contributed by atoms with E-state index in [9.17, 15) is 4.79 Å². The first-order chi connectivity index (χ1) is 15.2. The van der Waals surface area contributed by atoms with Crippen LogP contribution in [0, 0.1) is 0 Å². The summed E-state index contributed by atoms with van der Waals surface area (Å²) in [5.74, 6) is 1.89. The van der Waals surface area contributed by atoms with Gasteiger partial charge >= 0.3 is 0 Å². The minimum Gasteiger partial charge on any atom is -0.457 e. The van der Waals surface area contributed by atoms with Crippen molar-refractivity contribution in [1.82, 2.24) is 10.3 Å². The minimum absolute atomic E-state index is 0.196. The van der Waals surface area contributed by atoms with E-state index in [-0.39, 0.29) is 5.91 Å². The molecule has 0 aliphatic carbocycles. The molecule has 0 bridgehead atoms. The smallest absolute Gasteiger partial charge is 0.276 e. The fourth-order valence-corrected chi connectivity index (χ4v) is 4.51. The maximum atomic E-state index is 13.0. The third-order valence-corrected chi connectivity index (χ3v) is 6.38. The van der Waals surface area contributed by atoms with Crippen molar-refractivity contribution in [2.45, 2.75) is 19.5 Å². The molecule has 1 atom stereocenters. The number of hydrogen-bond donors (Lipinski definition) is 1. The van der Waals surface area contributed by atoms with Crippen molar-refractivity contribution in [2.24, 2.45) is 10.1 Å². The van der Waals surface area contributed by atoms with E-state index in [0.717, 1.165) is 28.3 Å². The van der Waals surface area contributed by atoms with Gasteiger partial charge in [0, 0.05) is 16.5 Å². The summed E-state index contributed by atoms with van der Waals surface area (Å²) >= 11 is 7.86. The lowest BCUT2D eigenvalue weighted by Crippen LogP contribution is -2.50. The number of thioether (sulfide) groups is 1. The van der Waals surface area contributed by atoms with Gasteiger partial charge in [-0.15, -0.1) is 5.10 Å². The number of hydrazone groups is 1. The molecular formula is C23H19ClN4O2S. The van der Waals surface area contributed by atoms with Crippen LogP contribution in [0.3, 0.4) is 0 Å². The van der Waals surface area contributed by atoms with Crippen LogP contribution in [-0.4, -0.2) is 21.8 Å². The van der Waals surface area contributed by atoms with Gasteiger partial charge in [-0.2, -0.15) is 0 Å². The van der Waals surface area contributed by atoms with Crippen molar-refractivity contribution < 1.29 is 9.21 Å². The topological polar surface area (TPSA) is 70.2 Å². The molecule has 1 aromatic heterocycles. The molecule has 2 aliphatic rings. The molecule has 1 N–H and O–H groups in total. The Hall–Kier alpha value is -3.03. The Balaban J connectivity index is 1.63. The zero-order valence-corrected chi connectivity index (χ0v) is 18.3. The van der Waals surface area contributed by atoms with Crippen LogP contribution in [0.25, 0.3) is 17.0 Å². The number of nitrogens with one attached hydrogen (secondary N) is 1. The molecule has 0 spiro atoms. The third-order valence-electron chi connectivity index (χ3n) is 4.98. The van der Waals surface area contributed by atoms with Crippen LogP contribution in [0.4, 0.5) is 0 Å². The van der Waals surface area contributed by atoms with Gasteiger partial charge in [0.05, 0.1) is 10.4 Å². The Kier molecular flexibility index (Phi) is 5.29. The van der Waals surface area contributed by atoms with E-state index in [0.29, 0.717) is 27.4 Å². The van der Waals surface area contributed by atoms with E-state index < -0.39 is 6.17 Å². The minimum atomic E-state index is -0.593. The summed E-state index contributed by atoms with van der Waals surface area (Å²) in [6.07, 6.45) is 0.385. The van der Waals surface area contributed by atoms with Crippen LogP contribution in [0.15, 0.2) is 75.2 Å². The first-order valence-electron chi connectivity index (χ1n) is 9.99. The molecule has 6 nitrogen and oxygen atoms in total. The lowest BCUT2D eigenvalue weighted by atomic mass is 10.1. The second-order valence-electron chi connectivity index (χ2n) is 7.10. The van der Waals surface area contributed by atoms with Gasteiger partial charge < -0.3 is 4.42 Å². The van der Waals surface area contributed by atoms with Crippen molar-refractivity contribution in [1.29, 1.82) is 0 Å². The first-order valence-corrected chi connectivity index (χ1v) is 11.4. The van der Waals surface area contributed by atoms with Crippen LogP contribution in [0.2, 0.25) is 5.02 Å². The number of amidine groups is 1. The number of rotatable bonds is 4. The summed E-state index contributed by atoms with van der Waals surface area (Å²) in [5, 5.41) is 11.9.